The molecular weight excluding hydrogens is 414 g/mol. The van der Waals surface area contributed by atoms with Crippen molar-refractivity contribution in [2.45, 2.75) is 26.7 Å². The molecule has 0 radical (unpaired) electrons. The molecule has 0 aromatic heterocycles. The van der Waals surface area contributed by atoms with Crippen molar-refractivity contribution in [1.29, 1.82) is 0 Å². The fourth-order valence-corrected chi connectivity index (χ4v) is 2.45. The van der Waals surface area contributed by atoms with Gasteiger partial charge in [0.2, 0.25) is 0 Å². The normalized spacial score (nSPS) is 10.2. The maximum Gasteiger partial charge on any atom is 0.411 e. The second kappa shape index (κ2) is 16.8. The zero-order valence-electron chi connectivity index (χ0n) is 20.4. The van der Waals surface area contributed by atoms with Crippen molar-refractivity contribution in [2.75, 3.05) is 72.2 Å². The van der Waals surface area contributed by atoms with E-state index >= 15 is 0 Å². The Morgan fingerprint density at radius 2 is 1.19 bits per heavy atom. The first kappa shape index (κ1) is 29.1. The third-order valence-corrected chi connectivity index (χ3v) is 3.88. The molecule has 1 rings (SSSR count). The van der Waals surface area contributed by atoms with E-state index in [2.05, 4.69) is 16.0 Å². The number of ether oxygens (including phenoxy) is 2. The van der Waals surface area contributed by atoms with Gasteiger partial charge in [0.25, 0.3) is 5.91 Å². The Balaban J connectivity index is 0.00000466. The molecule has 3 N–H and O–H groups in total. The molecule has 3 amide bonds. The van der Waals surface area contributed by atoms with Gasteiger partial charge in [0.15, 0.2) is 0 Å². The molecule has 0 aliphatic rings. The van der Waals surface area contributed by atoms with Gasteiger partial charge < -0.3 is 24.6 Å². The summed E-state index contributed by atoms with van der Waals surface area (Å²) in [5.74, 6) is -0.361. The zero-order valence-corrected chi connectivity index (χ0v) is 20.4. The largest absolute Gasteiger partial charge is 0.449 e. The Labute approximate surface area is 191 Å². The van der Waals surface area contributed by atoms with Crippen molar-refractivity contribution >= 4 is 29.5 Å². The van der Waals surface area contributed by atoms with Gasteiger partial charge in [-0.2, -0.15) is 0 Å². The number of benzene rings is 1. The third-order valence-electron chi connectivity index (χ3n) is 3.88. The Morgan fingerprint density at radius 1 is 0.781 bits per heavy atom. The molecular formula is C22H39N5O5. The van der Waals surface area contributed by atoms with Crippen LogP contribution < -0.4 is 16.0 Å². The van der Waals surface area contributed by atoms with Crippen molar-refractivity contribution in [2.24, 2.45) is 0 Å². The Kier molecular flexibility index (Phi) is 15.3. The first-order valence-corrected chi connectivity index (χ1v) is 10.8. The van der Waals surface area contributed by atoms with E-state index in [4.69, 9.17) is 9.47 Å². The highest BCUT2D eigenvalue weighted by atomic mass is 16.6. The standard InChI is InChI=1S/C20H33N5O5.C2H6/c1-21-18(26)15-12-16(22-19(27)29-10-6-8-24(2)3)14-17(13-15)23-20(28)30-11-7-9-25(4)5;1-2/h12-14H,6-11H2,1-5H3,(H,21,26)(H,22,27)(H,23,28);1-2H3. The minimum Gasteiger partial charge on any atom is -0.449 e. The van der Waals surface area contributed by atoms with Gasteiger partial charge in [-0.1, -0.05) is 13.8 Å². The van der Waals surface area contributed by atoms with Crippen LogP contribution in [0.1, 0.15) is 37.0 Å². The molecule has 0 unspecified atom stereocenters. The molecule has 0 aliphatic carbocycles. The molecule has 10 nitrogen and oxygen atoms in total. The number of amides is 3. The van der Waals surface area contributed by atoms with E-state index in [1.165, 1.54) is 25.2 Å². The summed E-state index contributed by atoms with van der Waals surface area (Å²) in [6.45, 7) is 6.13. The number of rotatable bonds is 11. The van der Waals surface area contributed by atoms with Crippen LogP contribution in [0.15, 0.2) is 18.2 Å². The third kappa shape index (κ3) is 13.5. The summed E-state index contributed by atoms with van der Waals surface area (Å²) < 4.78 is 10.3. The average molecular weight is 454 g/mol. The molecule has 0 aliphatic heterocycles. The fraction of sp³-hybridized carbons (Fsp3) is 0.591. The predicted octanol–water partition coefficient (Wildman–Crippen LogP) is 3.07. The van der Waals surface area contributed by atoms with Crippen molar-refractivity contribution in [1.82, 2.24) is 15.1 Å². The van der Waals surface area contributed by atoms with Gasteiger partial charge in [0, 0.05) is 37.1 Å². The van der Waals surface area contributed by atoms with Crippen LogP contribution in [0.2, 0.25) is 0 Å². The van der Waals surface area contributed by atoms with Crippen LogP contribution >= 0.6 is 0 Å². The second-order valence-corrected chi connectivity index (χ2v) is 7.21. The summed E-state index contributed by atoms with van der Waals surface area (Å²) in [5, 5.41) is 7.66. The predicted molar refractivity (Wildman–Crippen MR) is 127 cm³/mol. The van der Waals surface area contributed by atoms with E-state index in [-0.39, 0.29) is 24.7 Å². The van der Waals surface area contributed by atoms with E-state index in [9.17, 15) is 14.4 Å². The Bertz CT molecular complexity index is 662. The number of nitrogens with one attached hydrogen (secondary N) is 3. The quantitative estimate of drug-likeness (QED) is 0.441. The maximum absolute atomic E-state index is 12.0. The van der Waals surface area contributed by atoms with Gasteiger partial charge in [-0.3, -0.25) is 15.4 Å². The van der Waals surface area contributed by atoms with Gasteiger partial charge in [0.05, 0.1) is 13.2 Å². The zero-order chi connectivity index (χ0) is 24.5. The molecule has 0 heterocycles. The number of carbonyl (C=O) groups excluding carboxylic acids is 3. The monoisotopic (exact) mass is 453 g/mol. The van der Waals surface area contributed by atoms with Crippen LogP contribution in [0.3, 0.4) is 0 Å². The highest BCUT2D eigenvalue weighted by Crippen LogP contribution is 2.20. The van der Waals surface area contributed by atoms with Crippen LogP contribution in [0.4, 0.5) is 21.0 Å². The average Bonchev–Trinajstić information content (AvgIpc) is 2.74. The Morgan fingerprint density at radius 3 is 1.53 bits per heavy atom. The molecule has 0 saturated carbocycles. The van der Waals surface area contributed by atoms with Gasteiger partial charge in [-0.15, -0.1) is 0 Å². The van der Waals surface area contributed by atoms with Crippen molar-refractivity contribution in [3.05, 3.63) is 23.8 Å². The molecule has 182 valence electrons. The van der Waals surface area contributed by atoms with E-state index in [0.29, 0.717) is 24.2 Å². The summed E-state index contributed by atoms with van der Waals surface area (Å²) in [7, 11) is 9.24. The highest BCUT2D eigenvalue weighted by molar-refractivity contribution is 5.98. The Hall–Kier alpha value is -2.85. The molecule has 10 heteroatoms. The minimum atomic E-state index is -0.639. The summed E-state index contributed by atoms with van der Waals surface area (Å²) >= 11 is 0. The van der Waals surface area contributed by atoms with Crippen LogP contribution in [0, 0.1) is 0 Å². The van der Waals surface area contributed by atoms with Crippen molar-refractivity contribution in [3.63, 3.8) is 0 Å². The molecule has 1 aromatic rings. The lowest BCUT2D eigenvalue weighted by Crippen LogP contribution is -2.21. The number of hydrogen-bond donors (Lipinski definition) is 3. The van der Waals surface area contributed by atoms with Crippen LogP contribution in [-0.2, 0) is 9.47 Å². The maximum atomic E-state index is 12.0. The van der Waals surface area contributed by atoms with Crippen LogP contribution in [0.25, 0.3) is 0 Å². The molecule has 0 spiro atoms. The number of carbonyl (C=O) groups is 3. The van der Waals surface area contributed by atoms with E-state index < -0.39 is 12.2 Å². The second-order valence-electron chi connectivity index (χ2n) is 7.21. The lowest BCUT2D eigenvalue weighted by molar-refractivity contribution is 0.0962. The van der Waals surface area contributed by atoms with Crippen molar-refractivity contribution in [3.8, 4) is 0 Å². The van der Waals surface area contributed by atoms with Crippen molar-refractivity contribution < 1.29 is 23.9 Å². The fourth-order valence-electron chi connectivity index (χ4n) is 2.45. The lowest BCUT2D eigenvalue weighted by Gasteiger charge is -2.13. The van der Waals surface area contributed by atoms with Gasteiger partial charge in [-0.05, 0) is 59.2 Å². The first-order chi connectivity index (χ1) is 15.2. The SMILES string of the molecule is CC.CNC(=O)c1cc(NC(=O)OCCCN(C)C)cc(NC(=O)OCCCN(C)C)c1. The summed E-state index contributed by atoms with van der Waals surface area (Å²) in [4.78, 5) is 40.0. The van der Waals surface area contributed by atoms with Gasteiger partial charge in [0.1, 0.15) is 0 Å². The number of hydrogen-bond acceptors (Lipinski definition) is 7. The smallest absolute Gasteiger partial charge is 0.411 e. The molecule has 1 aromatic carbocycles. The van der Waals surface area contributed by atoms with E-state index in [1.807, 2.05) is 51.8 Å². The van der Waals surface area contributed by atoms with Crippen LogP contribution in [-0.4, -0.2) is 89.4 Å². The van der Waals surface area contributed by atoms with Crippen LogP contribution in [0.5, 0.6) is 0 Å². The summed E-state index contributed by atoms with van der Waals surface area (Å²) in [6.07, 6.45) is 0.121. The summed E-state index contributed by atoms with van der Waals surface area (Å²) in [5.41, 5.74) is 0.902. The van der Waals surface area contributed by atoms with E-state index in [1.54, 1.807) is 0 Å². The van der Waals surface area contributed by atoms with Gasteiger partial charge >= 0.3 is 12.2 Å². The molecule has 32 heavy (non-hydrogen) atoms. The highest BCUT2D eigenvalue weighted by Gasteiger charge is 2.12. The number of nitrogens with zero attached hydrogens (tertiary/aromatic N) is 2. The van der Waals surface area contributed by atoms with Gasteiger partial charge in [-0.25, -0.2) is 9.59 Å². The minimum absolute atomic E-state index is 0.267. The molecule has 0 atom stereocenters. The molecule has 0 fully saturated rings. The summed E-state index contributed by atoms with van der Waals surface area (Å²) in [6, 6.07) is 4.51. The molecule has 0 saturated heterocycles. The topological polar surface area (TPSA) is 112 Å². The number of anilines is 2. The molecule has 0 bridgehead atoms. The first-order valence-electron chi connectivity index (χ1n) is 10.8. The van der Waals surface area contributed by atoms with E-state index in [0.717, 1.165) is 13.1 Å². The lowest BCUT2D eigenvalue weighted by atomic mass is 10.1.